The molecule has 3 aromatic rings. The largest absolute Gasteiger partial charge is 0.378 e. The number of nitrogens with two attached hydrogens (primary N) is 1. The first-order valence-corrected chi connectivity index (χ1v) is 10.5. The Bertz CT molecular complexity index is 1190. The zero-order valence-electron chi connectivity index (χ0n) is 18.1. The molecule has 0 saturated carbocycles. The Balaban J connectivity index is 1.49. The summed E-state index contributed by atoms with van der Waals surface area (Å²) in [6.45, 7) is 2.52. The number of aryl methyl sites for hydroxylation is 1. The molecule has 0 unspecified atom stereocenters. The number of anilines is 2. The van der Waals surface area contributed by atoms with E-state index in [1.54, 1.807) is 37.4 Å². The summed E-state index contributed by atoms with van der Waals surface area (Å²) in [6.07, 6.45) is 4.29. The zero-order chi connectivity index (χ0) is 23.4. The van der Waals surface area contributed by atoms with Gasteiger partial charge in [-0.05, 0) is 37.6 Å². The fourth-order valence-corrected chi connectivity index (χ4v) is 3.81. The van der Waals surface area contributed by atoms with Gasteiger partial charge in [-0.2, -0.15) is 5.26 Å². The summed E-state index contributed by atoms with van der Waals surface area (Å²) in [4.78, 5) is 30.8. The van der Waals surface area contributed by atoms with E-state index in [1.807, 2.05) is 11.0 Å². The second-order valence-corrected chi connectivity index (χ2v) is 7.88. The lowest BCUT2D eigenvalue weighted by molar-refractivity contribution is 0.100. The Labute approximate surface area is 190 Å². The monoisotopic (exact) mass is 446 g/mol. The summed E-state index contributed by atoms with van der Waals surface area (Å²) in [7, 11) is 0. The van der Waals surface area contributed by atoms with Gasteiger partial charge in [0.1, 0.15) is 23.9 Å². The van der Waals surface area contributed by atoms with Crippen molar-refractivity contribution >= 4 is 17.4 Å². The molecule has 1 aliphatic rings. The smallest absolute Gasteiger partial charge is 0.252 e. The van der Waals surface area contributed by atoms with Crippen LogP contribution in [0.2, 0.25) is 0 Å². The van der Waals surface area contributed by atoms with Crippen LogP contribution in [0.15, 0.2) is 42.9 Å². The van der Waals surface area contributed by atoms with Gasteiger partial charge in [-0.3, -0.25) is 9.78 Å². The van der Waals surface area contributed by atoms with E-state index in [2.05, 4.69) is 25.3 Å². The van der Waals surface area contributed by atoms with E-state index in [0.29, 0.717) is 48.0 Å². The highest BCUT2D eigenvalue weighted by atomic mass is 19.1. The highest BCUT2D eigenvalue weighted by Crippen LogP contribution is 2.25. The van der Waals surface area contributed by atoms with Crippen LogP contribution in [0, 0.1) is 18.3 Å². The number of alkyl halides is 1. The second-order valence-electron chi connectivity index (χ2n) is 7.88. The van der Waals surface area contributed by atoms with Crippen molar-refractivity contribution in [1.82, 2.24) is 19.9 Å². The average Bonchev–Trinajstić information content (AvgIpc) is 2.80. The molecular weight excluding hydrogens is 423 g/mol. The molecule has 1 fully saturated rings. The van der Waals surface area contributed by atoms with E-state index in [-0.39, 0.29) is 12.1 Å². The van der Waals surface area contributed by atoms with Gasteiger partial charge in [-0.15, -0.1) is 0 Å². The zero-order valence-corrected chi connectivity index (χ0v) is 18.1. The van der Waals surface area contributed by atoms with E-state index in [1.165, 1.54) is 12.4 Å². The van der Waals surface area contributed by atoms with Crippen LogP contribution in [-0.2, 0) is 6.42 Å². The van der Waals surface area contributed by atoms with Crippen LogP contribution in [0.5, 0.6) is 0 Å². The van der Waals surface area contributed by atoms with Crippen LogP contribution in [0.4, 0.5) is 15.9 Å². The van der Waals surface area contributed by atoms with Gasteiger partial charge in [0, 0.05) is 37.3 Å². The number of pyridine rings is 2. The van der Waals surface area contributed by atoms with Gasteiger partial charge >= 0.3 is 0 Å². The third-order valence-corrected chi connectivity index (χ3v) is 5.51. The van der Waals surface area contributed by atoms with Gasteiger partial charge in [0.2, 0.25) is 0 Å². The summed E-state index contributed by atoms with van der Waals surface area (Å²) >= 11 is 0. The van der Waals surface area contributed by atoms with Gasteiger partial charge in [0.15, 0.2) is 0 Å². The fraction of sp³-hybridized carbons (Fsp3) is 0.304. The van der Waals surface area contributed by atoms with E-state index >= 15 is 4.39 Å². The van der Waals surface area contributed by atoms with E-state index in [9.17, 15) is 4.79 Å². The Morgan fingerprint density at radius 1 is 1.27 bits per heavy atom. The standard InChI is InChI=1S/C23H23FN8O/c1-14-27-6-4-16(30-14)8-17-9-21(18(12-28-17)23(26)33)31-20-5-7-32(13-19(20)24)22-3-2-15(10-25)11-29-22/h2-4,6,9,11-12,19-20H,5,7-8,13H2,1H3,(H2,26,33)(H,28,31)/t19-,20+/m0/s1. The van der Waals surface area contributed by atoms with Crippen LogP contribution < -0.4 is 16.0 Å². The number of primary amides is 1. The van der Waals surface area contributed by atoms with Crippen molar-refractivity contribution in [2.24, 2.45) is 5.73 Å². The van der Waals surface area contributed by atoms with Crippen molar-refractivity contribution in [1.29, 1.82) is 5.26 Å². The Morgan fingerprint density at radius 3 is 2.79 bits per heavy atom. The average molecular weight is 446 g/mol. The van der Waals surface area contributed by atoms with Crippen LogP contribution in [0.25, 0.3) is 0 Å². The SMILES string of the molecule is Cc1nccc(Cc2cc(N[C@@H]3CCN(c4ccc(C#N)cn4)C[C@@H]3F)c(C(N)=O)cn2)n1. The molecule has 10 heteroatoms. The molecule has 0 radical (unpaired) electrons. The predicted octanol–water partition coefficient (Wildman–Crippen LogP) is 2.17. The number of nitrogens with zero attached hydrogens (tertiary/aromatic N) is 6. The number of hydrogen-bond acceptors (Lipinski definition) is 8. The van der Waals surface area contributed by atoms with E-state index < -0.39 is 18.1 Å². The number of nitrogens with one attached hydrogen (secondary N) is 1. The normalized spacial score (nSPS) is 17.9. The number of hydrogen-bond donors (Lipinski definition) is 2. The lowest BCUT2D eigenvalue weighted by Gasteiger charge is -2.36. The van der Waals surface area contributed by atoms with Crippen LogP contribution in [0.1, 0.15) is 39.6 Å². The summed E-state index contributed by atoms with van der Waals surface area (Å²) in [5.74, 6) is 0.645. The van der Waals surface area contributed by atoms with Gasteiger partial charge < -0.3 is 16.0 Å². The molecule has 1 amide bonds. The van der Waals surface area contributed by atoms with E-state index in [4.69, 9.17) is 11.0 Å². The molecule has 2 atom stereocenters. The Kier molecular flexibility index (Phi) is 6.40. The minimum absolute atomic E-state index is 0.140. The molecule has 33 heavy (non-hydrogen) atoms. The van der Waals surface area contributed by atoms with Crippen LogP contribution in [-0.4, -0.2) is 51.1 Å². The predicted molar refractivity (Wildman–Crippen MR) is 120 cm³/mol. The number of rotatable bonds is 6. The number of aromatic nitrogens is 4. The summed E-state index contributed by atoms with van der Waals surface area (Å²) < 4.78 is 15.1. The maximum absolute atomic E-state index is 15.1. The molecule has 0 aliphatic carbocycles. The summed E-state index contributed by atoms with van der Waals surface area (Å²) in [5, 5.41) is 12.1. The molecule has 4 heterocycles. The van der Waals surface area contributed by atoms with Crippen molar-refractivity contribution in [3.63, 3.8) is 0 Å². The van der Waals surface area contributed by atoms with Crippen LogP contribution in [0.3, 0.4) is 0 Å². The molecule has 1 saturated heterocycles. The molecule has 168 valence electrons. The molecular formula is C23H23FN8O. The number of halogens is 1. The Morgan fingerprint density at radius 2 is 2.12 bits per heavy atom. The fourth-order valence-electron chi connectivity index (χ4n) is 3.81. The van der Waals surface area contributed by atoms with Crippen molar-refractivity contribution < 1.29 is 9.18 Å². The topological polar surface area (TPSA) is 134 Å². The maximum Gasteiger partial charge on any atom is 0.252 e. The second kappa shape index (κ2) is 9.56. The van der Waals surface area contributed by atoms with Gasteiger partial charge in [0.05, 0.1) is 35.1 Å². The van der Waals surface area contributed by atoms with Gasteiger partial charge in [-0.1, -0.05) is 0 Å². The number of carbonyl (C=O) groups excluding carboxylic acids is 1. The first-order valence-electron chi connectivity index (χ1n) is 10.5. The van der Waals surface area contributed by atoms with Gasteiger partial charge in [0.25, 0.3) is 5.91 Å². The molecule has 0 aromatic carbocycles. The highest BCUT2D eigenvalue weighted by Gasteiger charge is 2.30. The van der Waals surface area contributed by atoms with Crippen molar-refractivity contribution in [2.45, 2.75) is 32.0 Å². The highest BCUT2D eigenvalue weighted by molar-refractivity contribution is 5.98. The summed E-state index contributed by atoms with van der Waals surface area (Å²) in [5.41, 5.74) is 8.11. The molecule has 3 aromatic heterocycles. The molecule has 3 N–H and O–H groups in total. The third-order valence-electron chi connectivity index (χ3n) is 5.51. The van der Waals surface area contributed by atoms with Gasteiger partial charge in [-0.25, -0.2) is 19.3 Å². The Hall–Kier alpha value is -4.13. The molecule has 1 aliphatic heterocycles. The first kappa shape index (κ1) is 22.1. The lowest BCUT2D eigenvalue weighted by Crippen LogP contribution is -2.48. The molecule has 4 rings (SSSR count). The number of carbonyl (C=O) groups is 1. The van der Waals surface area contributed by atoms with E-state index in [0.717, 1.165) is 5.69 Å². The lowest BCUT2D eigenvalue weighted by atomic mass is 10.0. The maximum atomic E-state index is 15.1. The minimum Gasteiger partial charge on any atom is -0.378 e. The molecule has 0 bridgehead atoms. The number of piperidine rings is 1. The van der Waals surface area contributed by atoms with Crippen molar-refractivity contribution in [3.05, 3.63) is 71.2 Å². The number of amides is 1. The minimum atomic E-state index is -1.21. The van der Waals surface area contributed by atoms with Crippen molar-refractivity contribution in [2.75, 3.05) is 23.3 Å². The third kappa shape index (κ3) is 5.20. The van der Waals surface area contributed by atoms with Crippen molar-refractivity contribution in [3.8, 4) is 6.07 Å². The molecule has 0 spiro atoms. The quantitative estimate of drug-likeness (QED) is 0.588. The first-order chi connectivity index (χ1) is 15.9. The molecule has 9 nitrogen and oxygen atoms in total. The summed E-state index contributed by atoms with van der Waals surface area (Å²) in [6, 6.07) is 8.42. The number of nitriles is 1. The van der Waals surface area contributed by atoms with Crippen LogP contribution >= 0.6 is 0 Å².